The fraction of sp³-hybridized carbons (Fsp3) is 0.250. The molecule has 5 nitrogen and oxygen atoms in total. The minimum atomic E-state index is -0.426. The van der Waals surface area contributed by atoms with Crippen molar-refractivity contribution in [2.24, 2.45) is 0 Å². The largest absolute Gasteiger partial charge is 0.324 e. The summed E-state index contributed by atoms with van der Waals surface area (Å²) in [6.45, 7) is 5.73. The summed E-state index contributed by atoms with van der Waals surface area (Å²) in [5, 5.41) is 2.87. The zero-order chi connectivity index (χ0) is 18.1. The molecule has 0 unspecified atom stereocenters. The number of nitrogens with one attached hydrogen (secondary N) is 1. The third kappa shape index (κ3) is 3.05. The van der Waals surface area contributed by atoms with Crippen LogP contribution in [0.3, 0.4) is 0 Å². The molecule has 0 bridgehead atoms. The maximum absolute atomic E-state index is 12.5. The molecule has 1 aliphatic heterocycles. The van der Waals surface area contributed by atoms with Gasteiger partial charge in [-0.1, -0.05) is 44.2 Å². The molecule has 0 saturated heterocycles. The first kappa shape index (κ1) is 16.9. The minimum Gasteiger partial charge on any atom is -0.324 e. The van der Waals surface area contributed by atoms with Crippen LogP contribution in [0.25, 0.3) is 0 Å². The zero-order valence-corrected chi connectivity index (χ0v) is 14.5. The molecule has 5 heteroatoms. The number of rotatable bonds is 4. The van der Waals surface area contributed by atoms with E-state index in [1.54, 1.807) is 24.3 Å². The summed E-state index contributed by atoms with van der Waals surface area (Å²) in [4.78, 5) is 38.2. The molecule has 25 heavy (non-hydrogen) atoms. The number of aryl methyl sites for hydroxylation is 1. The van der Waals surface area contributed by atoms with Crippen LogP contribution in [-0.4, -0.2) is 29.2 Å². The molecule has 3 rings (SSSR count). The maximum atomic E-state index is 12.5. The van der Waals surface area contributed by atoms with Gasteiger partial charge in [-0.05, 0) is 36.1 Å². The van der Waals surface area contributed by atoms with Gasteiger partial charge in [0.05, 0.1) is 11.1 Å². The normalized spacial score (nSPS) is 13.4. The lowest BCUT2D eigenvalue weighted by atomic mass is 9.98. The Morgan fingerprint density at radius 2 is 1.60 bits per heavy atom. The Morgan fingerprint density at radius 3 is 2.16 bits per heavy atom. The molecule has 3 amide bonds. The van der Waals surface area contributed by atoms with E-state index in [0.717, 1.165) is 21.7 Å². The molecule has 2 aromatic rings. The predicted molar refractivity (Wildman–Crippen MR) is 95.7 cm³/mol. The van der Waals surface area contributed by atoms with Gasteiger partial charge < -0.3 is 5.32 Å². The summed E-state index contributed by atoms with van der Waals surface area (Å²) >= 11 is 0. The van der Waals surface area contributed by atoms with E-state index in [1.807, 2.05) is 25.1 Å². The monoisotopic (exact) mass is 336 g/mol. The molecule has 0 atom stereocenters. The van der Waals surface area contributed by atoms with Crippen molar-refractivity contribution in [2.75, 3.05) is 11.9 Å². The van der Waals surface area contributed by atoms with Crippen LogP contribution in [0, 0.1) is 6.92 Å². The second-order valence-corrected chi connectivity index (χ2v) is 6.48. The minimum absolute atomic E-state index is 0.245. The predicted octanol–water partition coefficient (Wildman–Crippen LogP) is 3.35. The standard InChI is InChI=1S/C20H20N2O3/c1-12(2)14-10-6-7-13(3)18(14)21-17(23)11-22-19(24)15-8-4-5-9-16(15)20(22)25/h4-10,12H,11H2,1-3H3,(H,21,23). The number of hydrogen-bond donors (Lipinski definition) is 1. The lowest BCUT2D eigenvalue weighted by molar-refractivity contribution is -0.116. The van der Waals surface area contributed by atoms with Crippen molar-refractivity contribution < 1.29 is 14.4 Å². The molecule has 1 heterocycles. The third-order valence-electron chi connectivity index (χ3n) is 4.37. The fourth-order valence-corrected chi connectivity index (χ4v) is 3.05. The number of anilines is 1. The molecule has 2 aromatic carbocycles. The van der Waals surface area contributed by atoms with Crippen LogP contribution in [0.15, 0.2) is 42.5 Å². The number of amides is 3. The van der Waals surface area contributed by atoms with Gasteiger partial charge in [0.25, 0.3) is 11.8 Å². The number of hydrogen-bond acceptors (Lipinski definition) is 3. The van der Waals surface area contributed by atoms with Crippen molar-refractivity contribution in [3.63, 3.8) is 0 Å². The van der Waals surface area contributed by atoms with Gasteiger partial charge in [-0.15, -0.1) is 0 Å². The van der Waals surface area contributed by atoms with E-state index in [2.05, 4.69) is 19.2 Å². The smallest absolute Gasteiger partial charge is 0.262 e. The SMILES string of the molecule is Cc1cccc(C(C)C)c1NC(=O)CN1C(=O)c2ccccc2C1=O. The van der Waals surface area contributed by atoms with Crippen molar-refractivity contribution in [3.05, 3.63) is 64.7 Å². The number of nitrogens with zero attached hydrogens (tertiary/aromatic N) is 1. The molecule has 0 radical (unpaired) electrons. The van der Waals surface area contributed by atoms with Gasteiger partial charge in [0.15, 0.2) is 0 Å². The van der Waals surface area contributed by atoms with Gasteiger partial charge in [0, 0.05) is 5.69 Å². The van der Waals surface area contributed by atoms with Crippen LogP contribution >= 0.6 is 0 Å². The topological polar surface area (TPSA) is 66.5 Å². The van der Waals surface area contributed by atoms with Crippen molar-refractivity contribution >= 4 is 23.4 Å². The van der Waals surface area contributed by atoms with Crippen molar-refractivity contribution in [3.8, 4) is 0 Å². The summed E-state index contributed by atoms with van der Waals surface area (Å²) in [5.74, 6) is -0.991. The molecule has 1 aliphatic rings. The Bertz CT molecular complexity index is 836. The molecule has 1 N–H and O–H groups in total. The highest BCUT2D eigenvalue weighted by Crippen LogP contribution is 2.28. The summed E-state index contributed by atoms with van der Waals surface area (Å²) in [6, 6.07) is 12.5. The number of carbonyl (C=O) groups is 3. The highest BCUT2D eigenvalue weighted by Gasteiger charge is 2.36. The van der Waals surface area contributed by atoms with Gasteiger partial charge in [-0.3, -0.25) is 19.3 Å². The highest BCUT2D eigenvalue weighted by atomic mass is 16.2. The summed E-state index contributed by atoms with van der Waals surface area (Å²) < 4.78 is 0. The van der Waals surface area contributed by atoms with Crippen LogP contribution in [-0.2, 0) is 4.79 Å². The number of imide groups is 1. The van der Waals surface area contributed by atoms with Crippen LogP contribution in [0.2, 0.25) is 0 Å². The van der Waals surface area contributed by atoms with Gasteiger partial charge in [-0.2, -0.15) is 0 Å². The van der Waals surface area contributed by atoms with Gasteiger partial charge >= 0.3 is 0 Å². The van der Waals surface area contributed by atoms with Crippen LogP contribution in [0.5, 0.6) is 0 Å². The number of para-hydroxylation sites is 1. The van der Waals surface area contributed by atoms with E-state index in [1.165, 1.54) is 0 Å². The van der Waals surface area contributed by atoms with Crippen LogP contribution in [0.4, 0.5) is 5.69 Å². The molecule has 0 spiro atoms. The summed E-state index contributed by atoms with van der Waals surface area (Å²) in [6.07, 6.45) is 0. The van der Waals surface area contributed by atoms with E-state index < -0.39 is 11.8 Å². The van der Waals surface area contributed by atoms with Crippen molar-refractivity contribution in [2.45, 2.75) is 26.7 Å². The van der Waals surface area contributed by atoms with E-state index in [9.17, 15) is 14.4 Å². The lowest BCUT2D eigenvalue weighted by Crippen LogP contribution is -2.37. The molecular weight excluding hydrogens is 316 g/mol. The first-order chi connectivity index (χ1) is 11.9. The van der Waals surface area contributed by atoms with E-state index in [-0.39, 0.29) is 18.4 Å². The average molecular weight is 336 g/mol. The summed E-state index contributed by atoms with van der Waals surface area (Å²) in [5.41, 5.74) is 3.41. The third-order valence-corrected chi connectivity index (χ3v) is 4.37. The van der Waals surface area contributed by atoms with E-state index in [0.29, 0.717) is 11.1 Å². The van der Waals surface area contributed by atoms with Crippen molar-refractivity contribution in [1.82, 2.24) is 4.90 Å². The Labute approximate surface area is 146 Å². The van der Waals surface area contributed by atoms with E-state index in [4.69, 9.17) is 0 Å². The quantitative estimate of drug-likeness (QED) is 0.871. The first-order valence-corrected chi connectivity index (χ1v) is 8.24. The molecular formula is C20H20N2O3. The maximum Gasteiger partial charge on any atom is 0.262 e. The Balaban J connectivity index is 1.79. The van der Waals surface area contributed by atoms with Crippen LogP contribution in [0.1, 0.15) is 51.6 Å². The molecule has 0 fully saturated rings. The molecule has 0 aliphatic carbocycles. The highest BCUT2D eigenvalue weighted by molar-refractivity contribution is 6.22. The molecule has 128 valence electrons. The lowest BCUT2D eigenvalue weighted by Gasteiger charge is -2.18. The summed E-state index contributed by atoms with van der Waals surface area (Å²) in [7, 11) is 0. The Kier molecular flexibility index (Phi) is 4.40. The van der Waals surface area contributed by atoms with Gasteiger partial charge in [0.1, 0.15) is 6.54 Å². The first-order valence-electron chi connectivity index (χ1n) is 8.24. The van der Waals surface area contributed by atoms with E-state index >= 15 is 0 Å². The molecule has 0 aromatic heterocycles. The second kappa shape index (κ2) is 6.51. The average Bonchev–Trinajstić information content (AvgIpc) is 2.82. The fourth-order valence-electron chi connectivity index (χ4n) is 3.05. The van der Waals surface area contributed by atoms with Gasteiger partial charge in [0.2, 0.25) is 5.91 Å². The number of benzene rings is 2. The molecule has 0 saturated carbocycles. The number of fused-ring (bicyclic) bond motifs is 1. The Hall–Kier alpha value is -2.95. The number of carbonyl (C=O) groups excluding carboxylic acids is 3. The van der Waals surface area contributed by atoms with Gasteiger partial charge in [-0.25, -0.2) is 0 Å². The van der Waals surface area contributed by atoms with Crippen LogP contribution < -0.4 is 5.32 Å². The van der Waals surface area contributed by atoms with Crippen molar-refractivity contribution in [1.29, 1.82) is 0 Å². The zero-order valence-electron chi connectivity index (χ0n) is 14.5. The Morgan fingerprint density at radius 1 is 1.00 bits per heavy atom. The second-order valence-electron chi connectivity index (χ2n) is 6.48.